The summed E-state index contributed by atoms with van der Waals surface area (Å²) < 4.78 is 5.80. The predicted molar refractivity (Wildman–Crippen MR) is 66.8 cm³/mol. The normalized spacial score (nSPS) is 35.9. The lowest BCUT2D eigenvalue weighted by atomic mass is 9.68. The van der Waals surface area contributed by atoms with Gasteiger partial charge in [-0.1, -0.05) is 0 Å². The second-order valence-corrected chi connectivity index (χ2v) is 5.07. The van der Waals surface area contributed by atoms with Crippen molar-refractivity contribution >= 4 is 5.69 Å². The van der Waals surface area contributed by atoms with Crippen LogP contribution in [-0.4, -0.2) is 29.8 Å². The Hall–Kier alpha value is -1.13. The Bertz CT molecular complexity index is 409. The number of nitrogens with zero attached hydrogens (tertiary/aromatic N) is 1. The van der Waals surface area contributed by atoms with E-state index in [4.69, 9.17) is 10.5 Å². The van der Waals surface area contributed by atoms with Crippen LogP contribution in [0.1, 0.15) is 18.5 Å². The Kier molecular flexibility index (Phi) is 2.76. The molecule has 4 heteroatoms. The molecule has 3 rings (SSSR count). The van der Waals surface area contributed by atoms with Gasteiger partial charge in [0.25, 0.3) is 0 Å². The summed E-state index contributed by atoms with van der Waals surface area (Å²) in [7, 11) is 0. The van der Waals surface area contributed by atoms with E-state index in [1.165, 1.54) is 6.42 Å². The van der Waals surface area contributed by atoms with E-state index in [1.807, 2.05) is 25.3 Å². The van der Waals surface area contributed by atoms with E-state index in [9.17, 15) is 0 Å². The van der Waals surface area contributed by atoms with Gasteiger partial charge in [0.15, 0.2) is 0 Å². The maximum Gasteiger partial charge on any atom is 0.0834 e. The molecule has 0 spiro atoms. The van der Waals surface area contributed by atoms with Gasteiger partial charge in [0, 0.05) is 36.1 Å². The van der Waals surface area contributed by atoms with Gasteiger partial charge in [0.2, 0.25) is 0 Å². The number of fused-ring (bicyclic) bond motifs is 1. The van der Waals surface area contributed by atoms with Crippen molar-refractivity contribution in [2.24, 2.45) is 11.7 Å². The molecule has 1 saturated heterocycles. The molecule has 4 nitrogen and oxygen atoms in total. The van der Waals surface area contributed by atoms with Gasteiger partial charge in [-0.3, -0.25) is 4.98 Å². The maximum absolute atomic E-state index is 6.21. The summed E-state index contributed by atoms with van der Waals surface area (Å²) in [5.74, 6) is 0.546. The summed E-state index contributed by atoms with van der Waals surface area (Å²) >= 11 is 0. The van der Waals surface area contributed by atoms with E-state index < -0.39 is 0 Å². The Morgan fingerprint density at radius 2 is 2.41 bits per heavy atom. The largest absolute Gasteiger partial charge is 0.378 e. The lowest BCUT2D eigenvalue weighted by molar-refractivity contribution is -0.104. The molecule has 0 bridgehead atoms. The fraction of sp³-hybridized carbons (Fsp3) is 0.615. The van der Waals surface area contributed by atoms with E-state index in [0.29, 0.717) is 12.0 Å². The molecule has 1 aliphatic heterocycles. The Morgan fingerprint density at radius 3 is 3.24 bits per heavy atom. The Morgan fingerprint density at radius 1 is 1.53 bits per heavy atom. The van der Waals surface area contributed by atoms with Crippen LogP contribution in [0.3, 0.4) is 0 Å². The summed E-state index contributed by atoms with van der Waals surface area (Å²) in [6.45, 7) is 2.87. The summed E-state index contributed by atoms with van der Waals surface area (Å²) in [6, 6.07) is 4.49. The Balaban J connectivity index is 1.69. The third kappa shape index (κ3) is 1.91. The topological polar surface area (TPSA) is 60.2 Å². The van der Waals surface area contributed by atoms with Gasteiger partial charge in [-0.25, -0.2) is 0 Å². The SMILES string of the molecule is Cc1cc(NC2C(N)C3CCCOC32)ccn1. The highest BCUT2D eigenvalue weighted by atomic mass is 16.5. The molecule has 17 heavy (non-hydrogen) atoms. The van der Waals surface area contributed by atoms with Gasteiger partial charge >= 0.3 is 0 Å². The number of nitrogens with one attached hydrogen (secondary N) is 1. The molecule has 1 aliphatic carbocycles. The fourth-order valence-electron chi connectivity index (χ4n) is 2.95. The number of aromatic nitrogens is 1. The zero-order valence-corrected chi connectivity index (χ0v) is 10.1. The molecular formula is C13H19N3O. The molecule has 0 radical (unpaired) electrons. The third-order valence-electron chi connectivity index (χ3n) is 3.91. The lowest BCUT2D eigenvalue weighted by Crippen LogP contribution is -2.69. The average molecular weight is 233 g/mol. The monoisotopic (exact) mass is 233 g/mol. The van der Waals surface area contributed by atoms with Crippen LogP contribution in [0.4, 0.5) is 5.69 Å². The first-order valence-corrected chi connectivity index (χ1v) is 6.32. The summed E-state index contributed by atoms with van der Waals surface area (Å²) in [5.41, 5.74) is 8.31. The molecule has 1 aromatic heterocycles. The van der Waals surface area contributed by atoms with Crippen molar-refractivity contribution in [3.63, 3.8) is 0 Å². The second-order valence-electron chi connectivity index (χ2n) is 5.07. The molecule has 2 fully saturated rings. The highest BCUT2D eigenvalue weighted by Crippen LogP contribution is 2.38. The number of aryl methyl sites for hydroxylation is 1. The van der Waals surface area contributed by atoms with Crippen LogP contribution in [0.2, 0.25) is 0 Å². The molecule has 2 aliphatic rings. The van der Waals surface area contributed by atoms with Gasteiger partial charge < -0.3 is 15.8 Å². The number of rotatable bonds is 2. The standard InChI is InChI=1S/C13H19N3O/c1-8-7-9(4-5-15-8)16-12-11(14)10-3-2-6-17-13(10)12/h4-5,7,10-13H,2-3,6,14H2,1H3,(H,15,16). The zero-order valence-electron chi connectivity index (χ0n) is 10.1. The van der Waals surface area contributed by atoms with E-state index >= 15 is 0 Å². The van der Waals surface area contributed by atoms with Crippen LogP contribution >= 0.6 is 0 Å². The highest BCUT2D eigenvalue weighted by Gasteiger charge is 2.50. The van der Waals surface area contributed by atoms with Gasteiger partial charge in [0.05, 0.1) is 12.1 Å². The van der Waals surface area contributed by atoms with Gasteiger partial charge in [0.1, 0.15) is 0 Å². The first-order valence-electron chi connectivity index (χ1n) is 6.32. The van der Waals surface area contributed by atoms with E-state index in [1.54, 1.807) is 0 Å². The molecule has 1 saturated carbocycles. The van der Waals surface area contributed by atoms with Crippen molar-refractivity contribution in [1.82, 2.24) is 4.98 Å². The first-order chi connectivity index (χ1) is 8.25. The quantitative estimate of drug-likeness (QED) is 0.808. The number of anilines is 1. The number of hydrogen-bond donors (Lipinski definition) is 2. The highest BCUT2D eigenvalue weighted by molar-refractivity contribution is 5.45. The maximum atomic E-state index is 6.21. The van der Waals surface area contributed by atoms with Crippen LogP contribution in [0.25, 0.3) is 0 Å². The number of hydrogen-bond acceptors (Lipinski definition) is 4. The van der Waals surface area contributed by atoms with Crippen molar-refractivity contribution in [1.29, 1.82) is 0 Å². The van der Waals surface area contributed by atoms with Crippen molar-refractivity contribution in [2.45, 2.75) is 38.0 Å². The summed E-state index contributed by atoms with van der Waals surface area (Å²) in [6.07, 6.45) is 4.48. The molecule has 2 heterocycles. The van der Waals surface area contributed by atoms with Crippen molar-refractivity contribution in [3.8, 4) is 0 Å². The van der Waals surface area contributed by atoms with Crippen molar-refractivity contribution < 1.29 is 4.74 Å². The zero-order chi connectivity index (χ0) is 11.8. The fourth-order valence-corrected chi connectivity index (χ4v) is 2.95. The number of ether oxygens (including phenoxy) is 1. The predicted octanol–water partition coefficient (Wildman–Crippen LogP) is 1.31. The molecule has 1 aromatic rings. The average Bonchev–Trinajstić information content (AvgIpc) is 2.36. The van der Waals surface area contributed by atoms with Crippen LogP contribution < -0.4 is 11.1 Å². The van der Waals surface area contributed by atoms with E-state index in [2.05, 4.69) is 10.3 Å². The third-order valence-corrected chi connectivity index (χ3v) is 3.91. The van der Waals surface area contributed by atoms with Crippen molar-refractivity contribution in [2.75, 3.05) is 11.9 Å². The lowest BCUT2D eigenvalue weighted by Gasteiger charge is -2.52. The Labute approximate surface area is 102 Å². The molecule has 4 atom stereocenters. The van der Waals surface area contributed by atoms with Crippen LogP contribution in [0, 0.1) is 12.8 Å². The molecule has 4 unspecified atom stereocenters. The molecule has 0 aromatic carbocycles. The van der Waals surface area contributed by atoms with Gasteiger partial charge in [-0.2, -0.15) is 0 Å². The minimum Gasteiger partial charge on any atom is -0.378 e. The minimum absolute atomic E-state index is 0.216. The smallest absolute Gasteiger partial charge is 0.0834 e. The molecular weight excluding hydrogens is 214 g/mol. The number of nitrogens with two attached hydrogens (primary N) is 1. The molecule has 3 N–H and O–H groups in total. The van der Waals surface area contributed by atoms with Crippen LogP contribution in [0.15, 0.2) is 18.3 Å². The molecule has 92 valence electrons. The second kappa shape index (κ2) is 4.27. The van der Waals surface area contributed by atoms with Crippen LogP contribution in [0.5, 0.6) is 0 Å². The molecule has 0 amide bonds. The summed E-state index contributed by atoms with van der Waals surface area (Å²) in [5, 5.41) is 3.48. The van der Waals surface area contributed by atoms with Crippen molar-refractivity contribution in [3.05, 3.63) is 24.0 Å². The van der Waals surface area contributed by atoms with Gasteiger partial charge in [-0.15, -0.1) is 0 Å². The minimum atomic E-state index is 0.216. The first kappa shape index (κ1) is 11.0. The van der Waals surface area contributed by atoms with Gasteiger partial charge in [-0.05, 0) is 31.9 Å². The number of pyridine rings is 1. The van der Waals surface area contributed by atoms with E-state index in [0.717, 1.165) is 24.4 Å². The van der Waals surface area contributed by atoms with Crippen LogP contribution in [-0.2, 0) is 4.74 Å². The van der Waals surface area contributed by atoms with E-state index in [-0.39, 0.29) is 12.1 Å². The summed E-state index contributed by atoms with van der Waals surface area (Å²) in [4.78, 5) is 4.19.